The molecule has 0 spiro atoms. The highest BCUT2D eigenvalue weighted by Gasteiger charge is 2.04. The van der Waals surface area contributed by atoms with Crippen LogP contribution in [0, 0.1) is 19.8 Å². The predicted molar refractivity (Wildman–Crippen MR) is 84.4 cm³/mol. The van der Waals surface area contributed by atoms with Crippen LogP contribution >= 0.6 is 0 Å². The average molecular weight is 250 g/mol. The van der Waals surface area contributed by atoms with Crippen molar-refractivity contribution >= 4 is 0 Å². The fraction of sp³-hybridized carbons (Fsp3) is 0.778. The van der Waals surface area contributed by atoms with Gasteiger partial charge in [-0.1, -0.05) is 84.3 Å². The van der Waals surface area contributed by atoms with E-state index in [1.54, 1.807) is 0 Å². The van der Waals surface area contributed by atoms with Crippen LogP contribution in [0.3, 0.4) is 0 Å². The van der Waals surface area contributed by atoms with Crippen molar-refractivity contribution in [2.75, 3.05) is 0 Å². The molecule has 0 amide bonds. The van der Waals surface area contributed by atoms with E-state index in [2.05, 4.69) is 32.9 Å². The van der Waals surface area contributed by atoms with Crippen molar-refractivity contribution in [2.45, 2.75) is 84.0 Å². The summed E-state index contributed by atoms with van der Waals surface area (Å²) < 4.78 is 0. The number of hydrogen-bond donors (Lipinski definition) is 0. The normalized spacial score (nSPS) is 13.3. The molecule has 0 aromatic carbocycles. The summed E-state index contributed by atoms with van der Waals surface area (Å²) in [4.78, 5) is 0. The van der Waals surface area contributed by atoms with Gasteiger partial charge >= 0.3 is 0 Å². The largest absolute Gasteiger partial charge is 0.0885 e. The standard InChI is InChI=1S/C18H34/c1-4-7-9-11-13-15-17-18(6-3)16-14-12-10-8-5-2/h10,12,18H,1-2,4-9,11,13-17H2,3H3. The Kier molecular flexibility index (Phi) is 14.6. The second-order valence-electron chi connectivity index (χ2n) is 5.38. The van der Waals surface area contributed by atoms with Gasteiger partial charge in [-0.2, -0.15) is 0 Å². The quantitative estimate of drug-likeness (QED) is 0.257. The van der Waals surface area contributed by atoms with Gasteiger partial charge in [-0.25, -0.2) is 0 Å². The number of unbranched alkanes of at least 4 members (excludes halogenated alkanes) is 6. The molecule has 0 fully saturated rings. The first-order valence-corrected chi connectivity index (χ1v) is 8.08. The lowest BCUT2D eigenvalue weighted by molar-refractivity contribution is 0.415. The third-order valence-corrected chi connectivity index (χ3v) is 3.72. The molecule has 0 N–H and O–H groups in total. The van der Waals surface area contributed by atoms with E-state index >= 15 is 0 Å². The van der Waals surface area contributed by atoms with E-state index < -0.39 is 0 Å². The van der Waals surface area contributed by atoms with E-state index in [4.69, 9.17) is 0 Å². The number of hydrogen-bond acceptors (Lipinski definition) is 0. The Morgan fingerprint density at radius 3 is 2.11 bits per heavy atom. The highest BCUT2D eigenvalue weighted by Crippen LogP contribution is 2.20. The van der Waals surface area contributed by atoms with Crippen molar-refractivity contribution in [3.63, 3.8) is 0 Å². The van der Waals surface area contributed by atoms with Crippen LogP contribution in [0.2, 0.25) is 0 Å². The fourth-order valence-corrected chi connectivity index (χ4v) is 2.38. The van der Waals surface area contributed by atoms with Crippen LogP contribution in [-0.2, 0) is 0 Å². The van der Waals surface area contributed by atoms with E-state index in [-0.39, 0.29) is 0 Å². The van der Waals surface area contributed by atoms with Crippen LogP contribution in [0.15, 0.2) is 12.2 Å². The van der Waals surface area contributed by atoms with Crippen LogP contribution in [-0.4, -0.2) is 0 Å². The van der Waals surface area contributed by atoms with Crippen molar-refractivity contribution in [3.05, 3.63) is 26.0 Å². The Hall–Kier alpha value is -0.260. The van der Waals surface area contributed by atoms with Gasteiger partial charge in [-0.3, -0.25) is 0 Å². The lowest BCUT2D eigenvalue weighted by atomic mass is 9.93. The lowest BCUT2D eigenvalue weighted by Crippen LogP contribution is -1.98. The molecule has 2 radical (unpaired) electrons. The zero-order chi connectivity index (χ0) is 13.5. The molecule has 0 saturated carbocycles. The van der Waals surface area contributed by atoms with Gasteiger partial charge in [0, 0.05) is 0 Å². The number of allylic oxidation sites excluding steroid dienone is 2. The maximum atomic E-state index is 3.89. The van der Waals surface area contributed by atoms with Gasteiger partial charge in [0.2, 0.25) is 0 Å². The zero-order valence-electron chi connectivity index (χ0n) is 12.6. The van der Waals surface area contributed by atoms with Crippen molar-refractivity contribution in [2.24, 2.45) is 5.92 Å². The van der Waals surface area contributed by atoms with Crippen LogP contribution in [0.5, 0.6) is 0 Å². The molecule has 0 heteroatoms. The van der Waals surface area contributed by atoms with E-state index in [1.165, 1.54) is 57.8 Å². The summed E-state index contributed by atoms with van der Waals surface area (Å²) in [5, 5.41) is 0. The maximum absolute atomic E-state index is 3.89. The Labute approximate surface area is 116 Å². The first-order valence-electron chi connectivity index (χ1n) is 8.08. The first-order chi connectivity index (χ1) is 8.85. The molecular weight excluding hydrogens is 216 g/mol. The molecule has 18 heavy (non-hydrogen) atoms. The zero-order valence-corrected chi connectivity index (χ0v) is 12.6. The molecule has 1 unspecified atom stereocenters. The second kappa shape index (κ2) is 14.8. The molecule has 0 nitrogen and oxygen atoms in total. The molecule has 0 rings (SSSR count). The minimum atomic E-state index is 0.947. The first kappa shape index (κ1) is 17.7. The Balaban J connectivity index is 3.40. The summed E-state index contributed by atoms with van der Waals surface area (Å²) in [6, 6.07) is 0. The van der Waals surface area contributed by atoms with E-state index in [1.807, 2.05) is 0 Å². The SMILES string of the molecule is [CH2]CCC=CCCC(CC)CCCCCCC[CH2]. The van der Waals surface area contributed by atoms with Gasteiger partial charge in [0.15, 0.2) is 0 Å². The Morgan fingerprint density at radius 2 is 1.44 bits per heavy atom. The summed E-state index contributed by atoms with van der Waals surface area (Å²) in [5.41, 5.74) is 0. The monoisotopic (exact) mass is 250 g/mol. The lowest BCUT2D eigenvalue weighted by Gasteiger charge is -2.13. The highest BCUT2D eigenvalue weighted by atomic mass is 14.1. The van der Waals surface area contributed by atoms with Crippen molar-refractivity contribution in [3.8, 4) is 0 Å². The molecule has 0 aromatic rings. The summed E-state index contributed by atoms with van der Waals surface area (Å²) in [7, 11) is 0. The summed E-state index contributed by atoms with van der Waals surface area (Å²) in [6.07, 6.45) is 20.3. The molecule has 0 heterocycles. The third-order valence-electron chi connectivity index (χ3n) is 3.72. The van der Waals surface area contributed by atoms with E-state index in [0.29, 0.717) is 0 Å². The van der Waals surface area contributed by atoms with Gasteiger partial charge in [-0.05, 0) is 31.6 Å². The molecule has 0 aromatic heterocycles. The van der Waals surface area contributed by atoms with E-state index in [0.717, 1.165) is 25.2 Å². The van der Waals surface area contributed by atoms with Gasteiger partial charge in [0.05, 0.1) is 0 Å². The summed E-state index contributed by atoms with van der Waals surface area (Å²) in [6.45, 7) is 10.1. The van der Waals surface area contributed by atoms with Crippen LogP contribution in [0.4, 0.5) is 0 Å². The van der Waals surface area contributed by atoms with Gasteiger partial charge < -0.3 is 0 Å². The number of rotatable bonds is 13. The second-order valence-corrected chi connectivity index (χ2v) is 5.38. The van der Waals surface area contributed by atoms with Crippen LogP contribution in [0.1, 0.15) is 84.0 Å². The molecular formula is C18H34. The molecule has 106 valence electrons. The average Bonchev–Trinajstić information content (AvgIpc) is 2.40. The van der Waals surface area contributed by atoms with Gasteiger partial charge in [0.1, 0.15) is 0 Å². The van der Waals surface area contributed by atoms with Gasteiger partial charge in [-0.15, -0.1) is 0 Å². The van der Waals surface area contributed by atoms with Crippen LogP contribution in [0.25, 0.3) is 0 Å². The minimum Gasteiger partial charge on any atom is -0.0885 e. The highest BCUT2D eigenvalue weighted by molar-refractivity contribution is 4.82. The molecule has 0 saturated heterocycles. The molecule has 0 aliphatic rings. The van der Waals surface area contributed by atoms with Crippen molar-refractivity contribution in [1.29, 1.82) is 0 Å². The summed E-state index contributed by atoms with van der Waals surface area (Å²) in [5.74, 6) is 0.947. The molecule has 0 bridgehead atoms. The predicted octanol–water partition coefficient (Wildman–Crippen LogP) is 6.53. The summed E-state index contributed by atoms with van der Waals surface area (Å²) >= 11 is 0. The minimum absolute atomic E-state index is 0.947. The topological polar surface area (TPSA) is 0 Å². The van der Waals surface area contributed by atoms with Gasteiger partial charge in [0.25, 0.3) is 0 Å². The molecule has 1 atom stereocenters. The van der Waals surface area contributed by atoms with Crippen molar-refractivity contribution < 1.29 is 0 Å². The van der Waals surface area contributed by atoms with Crippen LogP contribution < -0.4 is 0 Å². The fourth-order valence-electron chi connectivity index (χ4n) is 2.38. The maximum Gasteiger partial charge on any atom is -0.0348 e. The molecule has 0 aliphatic heterocycles. The van der Waals surface area contributed by atoms with Crippen molar-refractivity contribution in [1.82, 2.24) is 0 Å². The smallest absolute Gasteiger partial charge is 0.0348 e. The Bertz CT molecular complexity index is 169. The third kappa shape index (κ3) is 12.2. The Morgan fingerprint density at radius 1 is 0.778 bits per heavy atom. The van der Waals surface area contributed by atoms with E-state index in [9.17, 15) is 0 Å². The molecule has 0 aliphatic carbocycles.